The van der Waals surface area contributed by atoms with Crippen LogP contribution < -0.4 is 15.7 Å². The first kappa shape index (κ1) is 114. The lowest BCUT2D eigenvalue weighted by molar-refractivity contribution is -0.164. The van der Waals surface area contributed by atoms with Crippen molar-refractivity contribution >= 4 is 111 Å². The van der Waals surface area contributed by atoms with Gasteiger partial charge in [0.1, 0.15) is 70.2 Å². The van der Waals surface area contributed by atoms with Crippen molar-refractivity contribution in [2.24, 2.45) is 59.2 Å². The molecule has 0 radical (unpaired) electrons. The minimum atomic E-state index is -3.81. The van der Waals surface area contributed by atoms with Gasteiger partial charge in [-0.15, -0.1) is 0 Å². The van der Waals surface area contributed by atoms with E-state index in [1.165, 1.54) is 105 Å². The molecule has 0 unspecified atom stereocenters. The Hall–Kier alpha value is -8.71. The minimum Gasteiger partial charge on any atom is -0.462 e. The molecule has 718 valence electrons. The van der Waals surface area contributed by atoms with Gasteiger partial charge >= 0.3 is 18.0 Å². The van der Waals surface area contributed by atoms with Crippen LogP contribution in [-0.2, 0) is 90.8 Å². The molecule has 2 rings (SSSR count). The molecule has 0 fully saturated rings. The van der Waals surface area contributed by atoms with Crippen LogP contribution in [-0.4, -0.2) is 287 Å². The van der Waals surface area contributed by atoms with Crippen LogP contribution in [0.15, 0.2) is 72.8 Å². The fraction of sp³-hybridized carbons (Fsp3) is 0.708. The van der Waals surface area contributed by atoms with Crippen LogP contribution in [0.2, 0.25) is 5.04 Å². The Morgan fingerprint density at radius 3 is 1.40 bits per heavy atom. The number of carbonyl (C=O) groups is 14. The van der Waals surface area contributed by atoms with Gasteiger partial charge in [-0.3, -0.25) is 62.4 Å². The van der Waals surface area contributed by atoms with Gasteiger partial charge in [0.05, 0.1) is 24.4 Å². The average Bonchev–Trinajstić information content (AvgIpc) is 0.746. The predicted molar refractivity (Wildman–Crippen MR) is 498 cm³/mol. The Morgan fingerprint density at radius 2 is 0.961 bits per heavy atom. The van der Waals surface area contributed by atoms with E-state index in [1.54, 1.807) is 96.1 Å². The highest BCUT2D eigenvalue weighted by Gasteiger charge is 2.52. The molecule has 9 amide bonds. The lowest BCUT2D eigenvalue weighted by atomic mass is 9.83. The average molecular weight is 1820 g/mol. The van der Waals surface area contributed by atoms with E-state index in [2.05, 4.69) is 50.4 Å². The summed E-state index contributed by atoms with van der Waals surface area (Å²) in [5.74, 6) is -15.2. The Morgan fingerprint density at radius 1 is 0.504 bits per heavy atom. The Bertz CT molecular complexity index is 4090. The molecule has 31 heteroatoms. The highest BCUT2D eigenvalue weighted by molar-refractivity contribution is 7.90. The standard InChI is InChI=1S/C96H159N9O20SSi/c1-34-36-44-65(13)85(124-70(18)107)84(86(111)97-74(35-2)93(118)122-52-50-98(25)69(17)106)105(32)92(117)82(64(11)12)103(30)91(116)78(55-62(7)8)101(28)90(115)77(54-61(5)6)100(27)87(112)67(15)57-79(108)66(14)56-80(109)76(53-60(3)4)99(26)88(113)73(63(9)10)58-81(110)83(68(16)59-126(33,120)121)104(31)89(114)75(102(29)94(119)125-95(19,20)21)49-43-51-123-127(96(22,23)24,71-45-39-37-40-46-71)72-47-41-38-42-48-72/h34,36-42,45-48,60-68,73-78,82-85H,35,43-44,49-59H2,1-33H3,(H,97,111)/b36-34+/t65-,66-,67+,68-,73+,74+,75-,76+,77+,78+,82+,83+,84+,85-/m1/s1. The molecule has 14 atom stereocenters. The van der Waals surface area contributed by atoms with E-state index in [1.807, 2.05) is 84.0 Å². The van der Waals surface area contributed by atoms with E-state index in [0.29, 0.717) is 6.42 Å². The van der Waals surface area contributed by atoms with Crippen LogP contribution >= 0.6 is 0 Å². The number of nitrogens with zero attached hydrogens (tertiary/aromatic N) is 8. The number of benzene rings is 2. The number of nitrogens with one attached hydrogen (secondary N) is 1. The van der Waals surface area contributed by atoms with Crippen LogP contribution in [0.25, 0.3) is 0 Å². The summed E-state index contributed by atoms with van der Waals surface area (Å²) in [6.07, 6.45) is 2.33. The number of ketones is 3. The van der Waals surface area contributed by atoms with Crippen LogP contribution in [0.5, 0.6) is 0 Å². The first-order chi connectivity index (χ1) is 58.6. The number of ether oxygens (including phenoxy) is 3. The van der Waals surface area contributed by atoms with E-state index in [9.17, 15) is 46.8 Å². The third-order valence-electron chi connectivity index (χ3n) is 23.8. The lowest BCUT2D eigenvalue weighted by Crippen LogP contribution is -2.66. The number of esters is 2. The molecule has 127 heavy (non-hydrogen) atoms. The molecule has 0 saturated carbocycles. The molecule has 29 nitrogen and oxygen atoms in total. The zero-order valence-corrected chi connectivity index (χ0v) is 84.8. The van der Waals surface area contributed by atoms with Crippen molar-refractivity contribution in [1.29, 1.82) is 0 Å². The molecule has 1 N–H and O–H groups in total. The smallest absolute Gasteiger partial charge is 0.410 e. The molecule has 0 heterocycles. The lowest BCUT2D eigenvalue weighted by Gasteiger charge is -2.43. The first-order valence-corrected chi connectivity index (χ1v) is 49.1. The number of likely N-dealkylation sites (N-methyl/N-ethyl adjacent to an activating group) is 8. The predicted octanol–water partition coefficient (Wildman–Crippen LogP) is 10.9. The highest BCUT2D eigenvalue weighted by atomic mass is 32.2. The second-order valence-corrected chi connectivity index (χ2v) is 45.6. The fourth-order valence-corrected chi connectivity index (χ4v) is 22.3. The van der Waals surface area contributed by atoms with Crippen molar-refractivity contribution in [2.45, 2.75) is 295 Å². The number of amides is 9. The van der Waals surface area contributed by atoms with Crippen molar-refractivity contribution < 1.29 is 94.2 Å². The van der Waals surface area contributed by atoms with E-state index in [0.717, 1.165) is 21.5 Å². The van der Waals surface area contributed by atoms with Gasteiger partial charge in [-0.1, -0.05) is 197 Å². The van der Waals surface area contributed by atoms with Crippen LogP contribution in [0.3, 0.4) is 0 Å². The van der Waals surface area contributed by atoms with E-state index < -0.39 is 209 Å². The molecule has 2 aromatic carbocycles. The summed E-state index contributed by atoms with van der Waals surface area (Å²) < 4.78 is 50.8. The normalized spacial score (nSPS) is 15.5. The maximum atomic E-state index is 15.5. The molecule has 2 aromatic rings. The van der Waals surface area contributed by atoms with Gasteiger partial charge in [-0.25, -0.2) is 18.0 Å². The topological polar surface area (TPSA) is 348 Å². The second kappa shape index (κ2) is 51.6. The van der Waals surface area contributed by atoms with Gasteiger partial charge in [-0.2, -0.15) is 0 Å². The number of hydrogen-bond acceptors (Lipinski definition) is 20. The molecule has 0 aliphatic carbocycles. The number of allylic oxidation sites excluding steroid dienone is 2. The second-order valence-electron chi connectivity index (χ2n) is 39.1. The molecule has 0 spiro atoms. The quantitative estimate of drug-likeness (QED) is 0.0211. The minimum absolute atomic E-state index is 0.0343. The Balaban J connectivity index is 2.62. The Labute approximate surface area is 761 Å². The Kier molecular flexibility index (Phi) is 46.5. The monoisotopic (exact) mass is 1820 g/mol. The molecular formula is C96H159N9O20SSi. The molecule has 0 aromatic heterocycles. The number of Topliss-reactive ketones (excluding diaryl/α,β-unsaturated/α-hetero) is 3. The molecule has 0 aliphatic heterocycles. The number of hydrogen-bond donors (Lipinski definition) is 1. The van der Waals surface area contributed by atoms with Crippen molar-refractivity contribution in [3.8, 4) is 0 Å². The summed E-state index contributed by atoms with van der Waals surface area (Å²) in [5.41, 5.74) is -0.975. The molecule has 0 saturated heterocycles. The third-order valence-corrected chi connectivity index (χ3v) is 30.0. The third kappa shape index (κ3) is 33.9. The molecule has 0 aliphatic rings. The summed E-state index contributed by atoms with van der Waals surface area (Å²) in [5, 5.41) is 4.41. The molecular weight excluding hydrogens is 1660 g/mol. The van der Waals surface area contributed by atoms with E-state index >= 15 is 28.8 Å². The van der Waals surface area contributed by atoms with E-state index in [-0.39, 0.29) is 99.8 Å². The summed E-state index contributed by atoms with van der Waals surface area (Å²) in [6, 6.07) is 9.70. The highest BCUT2D eigenvalue weighted by Crippen LogP contribution is 2.38. The molecule has 0 bridgehead atoms. The van der Waals surface area contributed by atoms with Gasteiger partial charge in [0.25, 0.3) is 8.32 Å². The summed E-state index contributed by atoms with van der Waals surface area (Å²) in [6.45, 7) is 42.0. The maximum Gasteiger partial charge on any atom is 0.410 e. The van der Waals surface area contributed by atoms with Gasteiger partial charge in [-0.05, 0) is 129 Å². The zero-order valence-electron chi connectivity index (χ0n) is 82.9. The largest absolute Gasteiger partial charge is 0.462 e. The van der Waals surface area contributed by atoms with Gasteiger partial charge in [0, 0.05) is 120 Å². The van der Waals surface area contributed by atoms with Crippen LogP contribution in [0.4, 0.5) is 4.79 Å². The number of sulfone groups is 1. The van der Waals surface area contributed by atoms with Crippen molar-refractivity contribution in [2.75, 3.05) is 88.1 Å². The number of rotatable bonds is 52. The van der Waals surface area contributed by atoms with Gasteiger partial charge in [0.15, 0.2) is 11.6 Å². The summed E-state index contributed by atoms with van der Waals surface area (Å²) in [4.78, 5) is 214. The van der Waals surface area contributed by atoms with Crippen molar-refractivity contribution in [1.82, 2.24) is 44.5 Å². The summed E-state index contributed by atoms with van der Waals surface area (Å²) in [7, 11) is 4.63. The zero-order chi connectivity index (χ0) is 97.7. The van der Waals surface area contributed by atoms with Gasteiger partial charge < -0.3 is 58.3 Å². The number of carbonyl (C=O) groups excluding carboxylic acids is 14. The maximum absolute atomic E-state index is 15.5. The van der Waals surface area contributed by atoms with Gasteiger partial charge in [0.2, 0.25) is 47.3 Å². The van der Waals surface area contributed by atoms with E-state index in [4.69, 9.17) is 18.6 Å². The summed E-state index contributed by atoms with van der Waals surface area (Å²) >= 11 is 0. The van der Waals surface area contributed by atoms with Crippen molar-refractivity contribution in [3.63, 3.8) is 0 Å². The SMILES string of the molecule is C/C=C/C[C@@H](C)[C@@H](OC(C)=O)[C@@H](C(=O)N[C@@H](CC)C(=O)OCCN(C)C(C)=O)N(C)C(=O)[C@H](C(C)C)N(C)C(=O)[C@H](CC(C)C)N(C)C(=O)[C@H](CC(C)C)N(C)C(=O)[C@@H](C)CC(=O)[C@H](C)CC(=O)[C@H](CC(C)C)N(C)C(=O)[C@@H](CC(=O)[C@H]([C@H](C)CS(C)(=O)=O)N(C)C(=O)[C@@H](CCCO[Si](c1ccccc1)(c1ccccc1)C(C)(C)C)N(C)C(=O)OC(C)(C)C)C(C)C. The van der Waals surface area contributed by atoms with Crippen LogP contribution in [0, 0.1) is 59.2 Å². The van der Waals surface area contributed by atoms with Crippen molar-refractivity contribution in [3.05, 3.63) is 72.8 Å². The first-order valence-electron chi connectivity index (χ1n) is 45.1. The van der Waals surface area contributed by atoms with Crippen LogP contribution in [0.1, 0.15) is 230 Å². The fourth-order valence-electron chi connectivity index (χ4n) is 16.6.